The van der Waals surface area contributed by atoms with E-state index >= 15 is 0 Å². The molecule has 0 radical (unpaired) electrons. The molecule has 0 aliphatic carbocycles. The van der Waals surface area contributed by atoms with E-state index in [4.69, 9.17) is 16.6 Å². The summed E-state index contributed by atoms with van der Waals surface area (Å²) in [6, 6.07) is 26.1. The zero-order valence-corrected chi connectivity index (χ0v) is 19.7. The van der Waals surface area contributed by atoms with Crippen LogP contribution in [0.2, 0.25) is 5.02 Å². The number of hydrogen-bond donors (Lipinski definition) is 0. The molecule has 0 N–H and O–H groups in total. The highest BCUT2D eigenvalue weighted by Crippen LogP contribution is 2.31. The number of halogens is 1. The SMILES string of the molecule is Cc1ccc(C2=NC(Cc3ccc4ccccc4c3)C(=O)N(C)c3ccc(Cl)cc32)cc1C. The first kappa shape index (κ1) is 21.4. The number of aliphatic imine (C=N–C) groups is 1. The van der Waals surface area contributed by atoms with Crippen molar-refractivity contribution in [3.05, 3.63) is 112 Å². The second-order valence-corrected chi connectivity index (χ2v) is 9.17. The van der Waals surface area contributed by atoms with Gasteiger partial charge in [0.2, 0.25) is 0 Å². The lowest BCUT2D eigenvalue weighted by Crippen LogP contribution is -2.36. The molecule has 33 heavy (non-hydrogen) atoms. The first-order chi connectivity index (χ1) is 15.9. The van der Waals surface area contributed by atoms with Gasteiger partial charge in [-0.25, -0.2) is 0 Å². The van der Waals surface area contributed by atoms with E-state index in [1.165, 1.54) is 16.5 Å². The number of benzodiazepines with no additional fused rings is 1. The highest BCUT2D eigenvalue weighted by molar-refractivity contribution is 6.32. The third-order valence-electron chi connectivity index (χ3n) is 6.50. The van der Waals surface area contributed by atoms with Gasteiger partial charge in [0.1, 0.15) is 6.04 Å². The molecule has 1 aliphatic heterocycles. The normalized spacial score (nSPS) is 15.9. The fourth-order valence-electron chi connectivity index (χ4n) is 4.45. The Hall–Kier alpha value is -3.43. The van der Waals surface area contributed by atoms with Crippen molar-refractivity contribution >= 4 is 39.7 Å². The monoisotopic (exact) mass is 452 g/mol. The molecular weight excluding hydrogens is 428 g/mol. The maximum atomic E-state index is 13.5. The standard InChI is InChI=1S/C29H25ClN2O/c1-18-8-10-23(14-19(18)2)28-25-17-24(30)12-13-27(25)32(3)29(33)26(31-28)16-20-9-11-21-6-4-5-7-22(21)15-20/h4-15,17,26H,16H2,1-3H3. The van der Waals surface area contributed by atoms with Crippen LogP contribution >= 0.6 is 11.6 Å². The molecular formula is C29H25ClN2O. The molecule has 1 unspecified atom stereocenters. The van der Waals surface area contributed by atoms with E-state index in [1.807, 2.05) is 37.4 Å². The van der Waals surface area contributed by atoms with Crippen molar-refractivity contribution in [1.29, 1.82) is 0 Å². The number of carbonyl (C=O) groups is 1. The predicted octanol–water partition coefficient (Wildman–Crippen LogP) is 6.54. The van der Waals surface area contributed by atoms with Crippen LogP contribution in [0.25, 0.3) is 10.8 Å². The largest absolute Gasteiger partial charge is 0.313 e. The van der Waals surface area contributed by atoms with Crippen LogP contribution in [0.3, 0.4) is 0 Å². The predicted molar refractivity (Wildman–Crippen MR) is 138 cm³/mol. The lowest BCUT2D eigenvalue weighted by molar-refractivity contribution is -0.119. The number of amides is 1. The Morgan fingerprint density at radius 1 is 0.879 bits per heavy atom. The summed E-state index contributed by atoms with van der Waals surface area (Å²) in [7, 11) is 1.82. The zero-order valence-electron chi connectivity index (χ0n) is 19.0. The third kappa shape index (κ3) is 4.05. The van der Waals surface area contributed by atoms with Gasteiger partial charge in [-0.3, -0.25) is 9.79 Å². The van der Waals surface area contributed by atoms with Crippen molar-refractivity contribution in [1.82, 2.24) is 0 Å². The van der Waals surface area contributed by atoms with Crippen LogP contribution in [-0.4, -0.2) is 24.7 Å². The van der Waals surface area contributed by atoms with Crippen molar-refractivity contribution in [2.75, 3.05) is 11.9 Å². The quantitative estimate of drug-likeness (QED) is 0.347. The summed E-state index contributed by atoms with van der Waals surface area (Å²) in [5.41, 5.74) is 7.00. The molecule has 1 atom stereocenters. The van der Waals surface area contributed by atoms with Crippen molar-refractivity contribution in [2.45, 2.75) is 26.3 Å². The number of rotatable bonds is 3. The Bertz CT molecular complexity index is 1420. The lowest BCUT2D eigenvalue weighted by Gasteiger charge is -2.20. The Morgan fingerprint density at radius 2 is 1.67 bits per heavy atom. The molecule has 0 aromatic heterocycles. The summed E-state index contributed by atoms with van der Waals surface area (Å²) >= 11 is 6.39. The van der Waals surface area contributed by atoms with Gasteiger partial charge in [0.15, 0.2) is 0 Å². The van der Waals surface area contributed by atoms with Crippen LogP contribution in [0, 0.1) is 13.8 Å². The summed E-state index contributed by atoms with van der Waals surface area (Å²) in [5, 5.41) is 2.98. The Labute approximate surface area is 199 Å². The van der Waals surface area contributed by atoms with E-state index < -0.39 is 6.04 Å². The molecule has 4 heteroatoms. The van der Waals surface area contributed by atoms with Crippen LogP contribution in [-0.2, 0) is 11.2 Å². The molecule has 3 nitrogen and oxygen atoms in total. The molecule has 0 fully saturated rings. The molecule has 164 valence electrons. The van der Waals surface area contributed by atoms with E-state index in [9.17, 15) is 4.79 Å². The second kappa shape index (κ2) is 8.49. The number of aryl methyl sites for hydroxylation is 2. The number of carbonyl (C=O) groups excluding carboxylic acids is 1. The van der Waals surface area contributed by atoms with E-state index in [0.29, 0.717) is 11.4 Å². The smallest absolute Gasteiger partial charge is 0.251 e. The van der Waals surface area contributed by atoms with Crippen molar-refractivity contribution in [2.24, 2.45) is 4.99 Å². The Morgan fingerprint density at radius 3 is 2.45 bits per heavy atom. The second-order valence-electron chi connectivity index (χ2n) is 8.74. The molecule has 4 aromatic carbocycles. The van der Waals surface area contributed by atoms with Gasteiger partial charge in [0.25, 0.3) is 5.91 Å². The van der Waals surface area contributed by atoms with Gasteiger partial charge >= 0.3 is 0 Å². The first-order valence-electron chi connectivity index (χ1n) is 11.1. The number of nitrogens with zero attached hydrogens (tertiary/aromatic N) is 2. The first-order valence-corrected chi connectivity index (χ1v) is 11.5. The summed E-state index contributed by atoms with van der Waals surface area (Å²) in [6.07, 6.45) is 0.532. The van der Waals surface area contributed by atoms with Gasteiger partial charge in [-0.15, -0.1) is 0 Å². The summed E-state index contributed by atoms with van der Waals surface area (Å²) < 4.78 is 0. The topological polar surface area (TPSA) is 32.7 Å². The third-order valence-corrected chi connectivity index (χ3v) is 6.73. The Balaban J connectivity index is 1.64. The van der Waals surface area contributed by atoms with Crippen molar-refractivity contribution in [3.63, 3.8) is 0 Å². The molecule has 1 aliphatic rings. The van der Waals surface area contributed by atoms with Crippen molar-refractivity contribution < 1.29 is 4.79 Å². The number of fused-ring (bicyclic) bond motifs is 2. The molecule has 1 amide bonds. The summed E-state index contributed by atoms with van der Waals surface area (Å²) in [4.78, 5) is 20.3. The maximum absolute atomic E-state index is 13.5. The minimum absolute atomic E-state index is 0.0226. The fourth-order valence-corrected chi connectivity index (χ4v) is 4.63. The van der Waals surface area contributed by atoms with E-state index in [-0.39, 0.29) is 5.91 Å². The summed E-state index contributed by atoms with van der Waals surface area (Å²) in [6.45, 7) is 4.19. The molecule has 0 saturated carbocycles. The molecule has 0 spiro atoms. The van der Waals surface area contributed by atoms with Crippen LogP contribution in [0.1, 0.15) is 27.8 Å². The fraction of sp³-hybridized carbons (Fsp3) is 0.172. The number of likely N-dealkylation sites (N-methyl/N-ethyl adjacent to an activating group) is 1. The minimum atomic E-state index is -0.529. The highest BCUT2D eigenvalue weighted by atomic mass is 35.5. The number of hydrogen-bond acceptors (Lipinski definition) is 2. The van der Waals surface area contributed by atoms with Gasteiger partial charge in [0.05, 0.1) is 11.4 Å². The van der Waals surface area contributed by atoms with E-state index in [2.05, 4.69) is 62.4 Å². The van der Waals surface area contributed by atoms with Gasteiger partial charge < -0.3 is 4.90 Å². The zero-order chi connectivity index (χ0) is 23.1. The molecule has 5 rings (SSSR count). The summed E-state index contributed by atoms with van der Waals surface area (Å²) in [5.74, 6) is -0.0226. The van der Waals surface area contributed by atoms with Gasteiger partial charge in [-0.1, -0.05) is 66.2 Å². The minimum Gasteiger partial charge on any atom is -0.313 e. The molecule has 0 saturated heterocycles. The van der Waals surface area contributed by atoms with E-state index in [1.54, 1.807) is 4.90 Å². The van der Waals surface area contributed by atoms with Crippen molar-refractivity contribution in [3.8, 4) is 0 Å². The number of benzene rings is 4. The highest BCUT2D eigenvalue weighted by Gasteiger charge is 2.30. The van der Waals surface area contributed by atoms with Gasteiger partial charge in [0, 0.05) is 29.6 Å². The van der Waals surface area contributed by atoms with Crippen LogP contribution < -0.4 is 4.90 Å². The number of anilines is 1. The van der Waals surface area contributed by atoms with Crippen LogP contribution in [0.5, 0.6) is 0 Å². The van der Waals surface area contributed by atoms with Crippen LogP contribution in [0.15, 0.2) is 83.9 Å². The lowest BCUT2D eigenvalue weighted by atomic mass is 9.97. The average Bonchev–Trinajstić information content (AvgIpc) is 2.91. The van der Waals surface area contributed by atoms with E-state index in [0.717, 1.165) is 33.5 Å². The Kier molecular flexibility index (Phi) is 5.51. The average molecular weight is 453 g/mol. The van der Waals surface area contributed by atoms with Crippen LogP contribution in [0.4, 0.5) is 5.69 Å². The molecule has 0 bridgehead atoms. The molecule has 1 heterocycles. The van der Waals surface area contributed by atoms with Gasteiger partial charge in [-0.2, -0.15) is 0 Å². The maximum Gasteiger partial charge on any atom is 0.251 e. The van der Waals surface area contributed by atoms with Gasteiger partial charge in [-0.05, 0) is 65.6 Å². The molecule has 4 aromatic rings.